The van der Waals surface area contributed by atoms with Crippen molar-refractivity contribution in [3.05, 3.63) is 0 Å². The lowest BCUT2D eigenvalue weighted by molar-refractivity contribution is 0.309. The standard InChI is InChI=1S/C3H9N3O.ClH/c1-6(2)3(4)5-7;/h7H,1-2H3,(H2,4,5);1H. The van der Waals surface area contributed by atoms with E-state index in [4.69, 9.17) is 10.9 Å². The first-order valence-electron chi connectivity index (χ1n) is 1.83. The normalized spacial score (nSPS) is 10.0. The highest BCUT2D eigenvalue weighted by Gasteiger charge is 1.88. The third-order valence-electron chi connectivity index (χ3n) is 0.561. The van der Waals surface area contributed by atoms with Crippen molar-refractivity contribution in [2.75, 3.05) is 14.1 Å². The van der Waals surface area contributed by atoms with Gasteiger partial charge in [0.15, 0.2) is 0 Å². The average Bonchev–Trinajstić information content (AvgIpc) is 1.65. The summed E-state index contributed by atoms with van der Waals surface area (Å²) in [6.45, 7) is 0. The van der Waals surface area contributed by atoms with Gasteiger partial charge in [0.25, 0.3) is 0 Å². The minimum Gasteiger partial charge on any atom is -0.408 e. The van der Waals surface area contributed by atoms with Crippen LogP contribution in [-0.2, 0) is 0 Å². The maximum absolute atomic E-state index is 7.93. The molecule has 0 unspecified atom stereocenters. The first-order chi connectivity index (χ1) is 3.18. The van der Waals surface area contributed by atoms with Crippen molar-refractivity contribution in [3.8, 4) is 0 Å². The minimum absolute atomic E-state index is 0. The molecule has 0 spiro atoms. The number of halogens is 1. The lowest BCUT2D eigenvalue weighted by Crippen LogP contribution is -2.29. The van der Waals surface area contributed by atoms with Crippen molar-refractivity contribution in [3.63, 3.8) is 0 Å². The fraction of sp³-hybridized carbons (Fsp3) is 0.667. The van der Waals surface area contributed by atoms with Gasteiger partial charge in [0, 0.05) is 14.1 Å². The third kappa shape index (κ3) is 3.55. The molecule has 5 heteroatoms. The van der Waals surface area contributed by atoms with Gasteiger partial charge in [-0.2, -0.15) is 0 Å². The van der Waals surface area contributed by atoms with E-state index in [2.05, 4.69) is 5.16 Å². The zero-order valence-corrected chi connectivity index (χ0v) is 5.64. The summed E-state index contributed by atoms with van der Waals surface area (Å²) in [5.74, 6) is 0.111. The Labute approximate surface area is 54.4 Å². The molecular formula is C3H10ClN3O. The van der Waals surface area contributed by atoms with Crippen molar-refractivity contribution in [2.45, 2.75) is 0 Å². The second-order valence-corrected chi connectivity index (χ2v) is 1.35. The first kappa shape index (κ1) is 10.4. The summed E-state index contributed by atoms with van der Waals surface area (Å²) in [4.78, 5) is 1.50. The van der Waals surface area contributed by atoms with Crippen molar-refractivity contribution < 1.29 is 5.21 Å². The van der Waals surface area contributed by atoms with E-state index in [1.54, 1.807) is 14.1 Å². The van der Waals surface area contributed by atoms with E-state index >= 15 is 0 Å². The number of nitrogens with two attached hydrogens (primary N) is 1. The van der Waals surface area contributed by atoms with Crippen LogP contribution in [0.5, 0.6) is 0 Å². The van der Waals surface area contributed by atoms with Gasteiger partial charge >= 0.3 is 0 Å². The number of guanidine groups is 1. The minimum atomic E-state index is 0. The molecule has 0 rings (SSSR count). The Hall–Kier alpha value is -0.640. The quantitative estimate of drug-likeness (QED) is 0.209. The molecular weight excluding hydrogens is 130 g/mol. The monoisotopic (exact) mass is 139 g/mol. The van der Waals surface area contributed by atoms with E-state index in [1.165, 1.54) is 4.90 Å². The number of rotatable bonds is 0. The Balaban J connectivity index is 0. The summed E-state index contributed by atoms with van der Waals surface area (Å²) < 4.78 is 0. The molecule has 0 aliphatic heterocycles. The second kappa shape index (κ2) is 4.52. The number of hydrogen-bond donors (Lipinski definition) is 2. The molecule has 0 saturated heterocycles. The molecule has 0 heterocycles. The molecule has 8 heavy (non-hydrogen) atoms. The van der Waals surface area contributed by atoms with Crippen LogP contribution in [0.25, 0.3) is 0 Å². The van der Waals surface area contributed by atoms with E-state index in [1.807, 2.05) is 0 Å². The van der Waals surface area contributed by atoms with Crippen LogP contribution in [0, 0.1) is 0 Å². The molecule has 0 aliphatic carbocycles. The second-order valence-electron chi connectivity index (χ2n) is 1.35. The van der Waals surface area contributed by atoms with Gasteiger partial charge in [-0.25, -0.2) is 0 Å². The molecule has 3 N–H and O–H groups in total. The Bertz CT molecular complexity index is 82.6. The highest BCUT2D eigenvalue weighted by Crippen LogP contribution is 1.68. The highest BCUT2D eigenvalue weighted by atomic mass is 35.5. The molecule has 0 aliphatic rings. The van der Waals surface area contributed by atoms with Crippen LogP contribution in [0.15, 0.2) is 5.16 Å². The van der Waals surface area contributed by atoms with E-state index in [0.29, 0.717) is 0 Å². The third-order valence-corrected chi connectivity index (χ3v) is 0.561. The molecule has 0 aromatic heterocycles. The predicted molar refractivity (Wildman–Crippen MR) is 34.3 cm³/mol. The van der Waals surface area contributed by atoms with E-state index in [9.17, 15) is 0 Å². The summed E-state index contributed by atoms with van der Waals surface area (Å²) >= 11 is 0. The Morgan fingerprint density at radius 1 is 1.62 bits per heavy atom. The topological polar surface area (TPSA) is 61.8 Å². The number of oxime groups is 1. The van der Waals surface area contributed by atoms with Gasteiger partial charge < -0.3 is 15.8 Å². The molecule has 0 saturated carbocycles. The zero-order chi connectivity index (χ0) is 5.86. The predicted octanol–water partition coefficient (Wildman–Crippen LogP) is -0.326. The SMILES string of the molecule is CN(C)C(N)=NO.Cl. The number of nitrogens with zero attached hydrogens (tertiary/aromatic N) is 2. The van der Waals surface area contributed by atoms with Crippen molar-refractivity contribution >= 4 is 18.4 Å². The van der Waals surface area contributed by atoms with Crippen molar-refractivity contribution in [1.82, 2.24) is 4.90 Å². The lowest BCUT2D eigenvalue weighted by Gasteiger charge is -2.06. The Morgan fingerprint density at radius 3 is 2.00 bits per heavy atom. The maximum atomic E-state index is 7.93. The van der Waals surface area contributed by atoms with Crippen LogP contribution in [0.4, 0.5) is 0 Å². The largest absolute Gasteiger partial charge is 0.408 e. The molecule has 0 atom stereocenters. The fourth-order valence-corrected chi connectivity index (χ4v) is 0.0894. The summed E-state index contributed by atoms with van der Waals surface area (Å²) in [7, 11) is 3.38. The molecule has 0 aromatic rings. The van der Waals surface area contributed by atoms with Crippen LogP contribution < -0.4 is 5.73 Å². The van der Waals surface area contributed by atoms with Gasteiger partial charge in [0.1, 0.15) is 0 Å². The van der Waals surface area contributed by atoms with Gasteiger partial charge in [-0.3, -0.25) is 0 Å². The lowest BCUT2D eigenvalue weighted by atomic mass is 10.8. The van der Waals surface area contributed by atoms with Gasteiger partial charge in [0.05, 0.1) is 0 Å². The fourth-order valence-electron chi connectivity index (χ4n) is 0.0894. The molecule has 0 bridgehead atoms. The average molecular weight is 140 g/mol. The van der Waals surface area contributed by atoms with Crippen LogP contribution in [0.2, 0.25) is 0 Å². The molecule has 0 radical (unpaired) electrons. The van der Waals surface area contributed by atoms with Gasteiger partial charge in [-0.15, -0.1) is 12.4 Å². The Morgan fingerprint density at radius 2 is 2.00 bits per heavy atom. The van der Waals surface area contributed by atoms with E-state index in [0.717, 1.165) is 0 Å². The van der Waals surface area contributed by atoms with Crippen LogP contribution in [-0.4, -0.2) is 30.2 Å². The smallest absolute Gasteiger partial charge is 0.232 e. The van der Waals surface area contributed by atoms with Crippen LogP contribution in [0.3, 0.4) is 0 Å². The van der Waals surface area contributed by atoms with E-state index < -0.39 is 0 Å². The Kier molecular flexibility index (Phi) is 5.85. The summed E-state index contributed by atoms with van der Waals surface area (Å²) in [5, 5.41) is 10.6. The van der Waals surface area contributed by atoms with E-state index in [-0.39, 0.29) is 18.4 Å². The van der Waals surface area contributed by atoms with Gasteiger partial charge in [-0.05, 0) is 0 Å². The number of hydrogen-bond acceptors (Lipinski definition) is 2. The molecule has 0 aromatic carbocycles. The summed E-state index contributed by atoms with van der Waals surface area (Å²) in [6, 6.07) is 0. The van der Waals surface area contributed by atoms with Gasteiger partial charge in [0.2, 0.25) is 5.96 Å². The summed E-state index contributed by atoms with van der Waals surface area (Å²) in [5.41, 5.74) is 5.04. The van der Waals surface area contributed by atoms with Crippen LogP contribution in [0.1, 0.15) is 0 Å². The van der Waals surface area contributed by atoms with Crippen molar-refractivity contribution in [2.24, 2.45) is 10.9 Å². The van der Waals surface area contributed by atoms with Crippen molar-refractivity contribution in [1.29, 1.82) is 0 Å². The summed E-state index contributed by atoms with van der Waals surface area (Å²) in [6.07, 6.45) is 0. The molecule has 0 fully saturated rings. The molecule has 0 amide bonds. The first-order valence-corrected chi connectivity index (χ1v) is 1.83. The molecule has 50 valence electrons. The maximum Gasteiger partial charge on any atom is 0.232 e. The zero-order valence-electron chi connectivity index (χ0n) is 4.83. The molecule has 4 nitrogen and oxygen atoms in total. The highest BCUT2D eigenvalue weighted by molar-refractivity contribution is 5.85. The van der Waals surface area contributed by atoms with Crippen LogP contribution >= 0.6 is 12.4 Å². The van der Waals surface area contributed by atoms with Gasteiger partial charge in [-0.1, -0.05) is 5.16 Å².